The van der Waals surface area contributed by atoms with Crippen molar-refractivity contribution < 1.29 is 17.0 Å². The largest absolute Gasteiger partial charge is 2.00 e. The van der Waals surface area contributed by atoms with E-state index in [1.165, 1.54) is 70.6 Å². The average molecular weight is 328 g/mol. The van der Waals surface area contributed by atoms with Crippen molar-refractivity contribution in [3.05, 3.63) is 19.1 Å². The third-order valence-electron chi connectivity index (χ3n) is 3.01. The summed E-state index contributed by atoms with van der Waals surface area (Å²) in [7, 11) is 0. The first-order valence-electron chi connectivity index (χ1n) is 7.36. The Labute approximate surface area is 142 Å². The van der Waals surface area contributed by atoms with Gasteiger partial charge in [-0.2, -0.15) is 6.42 Å². The van der Waals surface area contributed by atoms with Crippen molar-refractivity contribution in [1.29, 1.82) is 0 Å². The second-order valence-electron chi connectivity index (χ2n) is 4.73. The Hall–Kier alpha value is 0.986. The summed E-state index contributed by atoms with van der Waals surface area (Å²) in [5, 5.41) is 0. The number of rotatable bonds is 12. The summed E-state index contributed by atoms with van der Waals surface area (Å²) >= 11 is 0. The summed E-state index contributed by atoms with van der Waals surface area (Å²) in [4.78, 5) is 0. The van der Waals surface area contributed by atoms with Crippen LogP contribution in [-0.2, 0) is 0 Å². The van der Waals surface area contributed by atoms with E-state index in [0.717, 1.165) is 6.42 Å². The molecule has 0 bridgehead atoms. The van der Waals surface area contributed by atoms with Gasteiger partial charge < -0.3 is 23.9 Å². The second-order valence-corrected chi connectivity index (χ2v) is 4.73. The van der Waals surface area contributed by atoms with Crippen molar-refractivity contribution in [3.8, 4) is 0 Å². The molecule has 0 saturated carbocycles. The SMILES string of the molecule is [Br-].[CH2-]CCCCCCC/C=C\CCCCCC.[Mg+2]. The van der Waals surface area contributed by atoms with Gasteiger partial charge in [0.15, 0.2) is 0 Å². The Balaban J connectivity index is -0.00000112. The van der Waals surface area contributed by atoms with Crippen molar-refractivity contribution in [1.82, 2.24) is 0 Å². The number of unbranched alkanes of at least 4 members (excludes halogenated alkanes) is 10. The van der Waals surface area contributed by atoms with Crippen molar-refractivity contribution in [3.63, 3.8) is 0 Å². The Kier molecular flexibility index (Phi) is 30.9. The fourth-order valence-corrected chi connectivity index (χ4v) is 1.89. The van der Waals surface area contributed by atoms with E-state index in [4.69, 9.17) is 0 Å². The average Bonchev–Trinajstić information content (AvgIpc) is 2.31. The Morgan fingerprint density at radius 1 is 0.722 bits per heavy atom. The van der Waals surface area contributed by atoms with Crippen LogP contribution >= 0.6 is 0 Å². The van der Waals surface area contributed by atoms with Crippen LogP contribution in [0, 0.1) is 6.92 Å². The zero-order valence-electron chi connectivity index (χ0n) is 12.4. The minimum absolute atomic E-state index is 0. The maximum absolute atomic E-state index is 3.86. The molecular formula is C16H31BrMg. The minimum atomic E-state index is 0. The molecule has 0 aliphatic rings. The van der Waals surface area contributed by atoms with Gasteiger partial charge in [0.1, 0.15) is 0 Å². The first-order valence-corrected chi connectivity index (χ1v) is 7.36. The van der Waals surface area contributed by atoms with E-state index in [1.807, 2.05) is 0 Å². The van der Waals surface area contributed by atoms with Crippen molar-refractivity contribution in [2.24, 2.45) is 0 Å². The van der Waals surface area contributed by atoms with E-state index < -0.39 is 0 Å². The third-order valence-corrected chi connectivity index (χ3v) is 3.01. The fraction of sp³-hybridized carbons (Fsp3) is 0.812. The van der Waals surface area contributed by atoms with E-state index in [0.29, 0.717) is 0 Å². The van der Waals surface area contributed by atoms with Gasteiger partial charge in [0.25, 0.3) is 0 Å². The van der Waals surface area contributed by atoms with Gasteiger partial charge in [-0.3, -0.25) is 0 Å². The van der Waals surface area contributed by atoms with E-state index >= 15 is 0 Å². The number of hydrogen-bond donors (Lipinski definition) is 0. The molecule has 18 heavy (non-hydrogen) atoms. The molecule has 0 spiro atoms. The fourth-order valence-electron chi connectivity index (χ4n) is 1.89. The summed E-state index contributed by atoms with van der Waals surface area (Å²) in [6, 6.07) is 0. The summed E-state index contributed by atoms with van der Waals surface area (Å²) < 4.78 is 0. The minimum Gasteiger partial charge on any atom is -1.00 e. The molecule has 0 unspecified atom stereocenters. The van der Waals surface area contributed by atoms with Crippen LogP contribution in [-0.4, -0.2) is 23.1 Å². The van der Waals surface area contributed by atoms with Crippen LogP contribution in [0.2, 0.25) is 0 Å². The van der Waals surface area contributed by atoms with Crippen LogP contribution in [0.1, 0.15) is 84.0 Å². The number of hydrogen-bond acceptors (Lipinski definition) is 0. The zero-order chi connectivity index (χ0) is 11.9. The van der Waals surface area contributed by atoms with Gasteiger partial charge in [0, 0.05) is 0 Å². The van der Waals surface area contributed by atoms with Crippen molar-refractivity contribution in [2.75, 3.05) is 0 Å². The molecule has 0 fully saturated rings. The first kappa shape index (κ1) is 24.0. The van der Waals surface area contributed by atoms with Gasteiger partial charge in [0.2, 0.25) is 0 Å². The van der Waals surface area contributed by atoms with Gasteiger partial charge in [-0.1, -0.05) is 64.0 Å². The van der Waals surface area contributed by atoms with Gasteiger partial charge in [-0.05, 0) is 25.7 Å². The molecular weight excluding hydrogens is 296 g/mol. The molecule has 0 aliphatic heterocycles. The Morgan fingerprint density at radius 3 is 1.67 bits per heavy atom. The summed E-state index contributed by atoms with van der Waals surface area (Å²) in [6.07, 6.45) is 20.9. The molecule has 0 nitrogen and oxygen atoms in total. The van der Waals surface area contributed by atoms with Crippen LogP contribution in [0.25, 0.3) is 0 Å². The van der Waals surface area contributed by atoms with Gasteiger partial charge in [0.05, 0.1) is 0 Å². The van der Waals surface area contributed by atoms with Crippen LogP contribution in [0.3, 0.4) is 0 Å². The van der Waals surface area contributed by atoms with Crippen molar-refractivity contribution in [2.45, 2.75) is 84.0 Å². The van der Waals surface area contributed by atoms with Crippen LogP contribution in [0.15, 0.2) is 12.2 Å². The molecule has 0 saturated heterocycles. The van der Waals surface area contributed by atoms with E-state index in [9.17, 15) is 0 Å². The van der Waals surface area contributed by atoms with E-state index in [-0.39, 0.29) is 40.0 Å². The standard InChI is InChI=1S/C16H31.BrH.Mg/c1-3-5-7-9-11-13-15-16-14-12-10-8-6-4-2;;/h14,16H,1,3-13,15H2,2H3;1H;/q-1;;+2/p-1/b16-14-;;. The molecule has 0 aliphatic carbocycles. The smallest absolute Gasteiger partial charge is 1.00 e. The van der Waals surface area contributed by atoms with Crippen LogP contribution in [0.5, 0.6) is 0 Å². The Bertz CT molecular complexity index is 146. The van der Waals surface area contributed by atoms with E-state index in [1.54, 1.807) is 0 Å². The molecule has 0 aromatic heterocycles. The molecule has 0 N–H and O–H groups in total. The maximum atomic E-state index is 3.86. The molecule has 104 valence electrons. The number of halogens is 1. The summed E-state index contributed by atoms with van der Waals surface area (Å²) in [5.74, 6) is 0. The molecule has 0 heterocycles. The maximum Gasteiger partial charge on any atom is 2.00 e. The zero-order valence-corrected chi connectivity index (χ0v) is 15.4. The molecule has 0 radical (unpaired) electrons. The predicted octanol–water partition coefficient (Wildman–Crippen LogP) is 2.70. The summed E-state index contributed by atoms with van der Waals surface area (Å²) in [5.41, 5.74) is 0. The predicted molar refractivity (Wildman–Crippen MR) is 81.3 cm³/mol. The monoisotopic (exact) mass is 326 g/mol. The quantitative estimate of drug-likeness (QED) is 0.224. The third kappa shape index (κ3) is 22.2. The number of allylic oxidation sites excluding steroid dienone is 2. The van der Waals surface area contributed by atoms with Crippen LogP contribution in [0.4, 0.5) is 0 Å². The van der Waals surface area contributed by atoms with Crippen molar-refractivity contribution >= 4 is 23.1 Å². The molecule has 0 atom stereocenters. The van der Waals surface area contributed by atoms with Gasteiger partial charge in [-0.25, -0.2) is 0 Å². The molecule has 0 aromatic rings. The molecule has 0 aromatic carbocycles. The molecule has 0 amide bonds. The van der Waals surface area contributed by atoms with Gasteiger partial charge in [-0.15, -0.1) is 0 Å². The van der Waals surface area contributed by atoms with E-state index in [2.05, 4.69) is 26.0 Å². The summed E-state index contributed by atoms with van der Waals surface area (Å²) in [6.45, 7) is 6.13. The Morgan fingerprint density at radius 2 is 1.17 bits per heavy atom. The molecule has 0 rings (SSSR count). The topological polar surface area (TPSA) is 0 Å². The first-order chi connectivity index (χ1) is 7.91. The second kappa shape index (κ2) is 23.1. The van der Waals surface area contributed by atoms with Crippen LogP contribution < -0.4 is 17.0 Å². The molecule has 2 heteroatoms. The normalized spacial score (nSPS) is 10.1. The van der Waals surface area contributed by atoms with Gasteiger partial charge >= 0.3 is 23.1 Å².